The minimum Gasteiger partial charge on any atom is -0.424 e. The van der Waals surface area contributed by atoms with E-state index in [9.17, 15) is 9.59 Å². The van der Waals surface area contributed by atoms with Crippen molar-refractivity contribution in [3.63, 3.8) is 0 Å². The predicted octanol–water partition coefficient (Wildman–Crippen LogP) is -0.712. The Morgan fingerprint density at radius 3 is 2.59 bits per heavy atom. The first-order valence-electron chi connectivity index (χ1n) is 7.28. The van der Waals surface area contributed by atoms with Crippen molar-refractivity contribution in [1.82, 2.24) is 25.4 Å². The SMILES string of the molecule is Cc1nnc(CN2CCN(C(=O)C3=NNC(=O)CC3)CC2)o1. The van der Waals surface area contributed by atoms with Crippen molar-refractivity contribution in [3.8, 4) is 0 Å². The Hall–Kier alpha value is -2.29. The average molecular weight is 306 g/mol. The lowest BCUT2D eigenvalue weighted by Crippen LogP contribution is -2.51. The lowest BCUT2D eigenvalue weighted by atomic mass is 10.1. The first kappa shape index (κ1) is 14.6. The fraction of sp³-hybridized carbons (Fsp3) is 0.615. The second-order valence-electron chi connectivity index (χ2n) is 5.38. The highest BCUT2D eigenvalue weighted by molar-refractivity contribution is 6.39. The van der Waals surface area contributed by atoms with Crippen LogP contribution in [0.4, 0.5) is 0 Å². The van der Waals surface area contributed by atoms with E-state index in [0.29, 0.717) is 50.0 Å². The molecule has 0 bridgehead atoms. The minimum atomic E-state index is -0.142. The van der Waals surface area contributed by atoms with Gasteiger partial charge in [-0.1, -0.05) is 0 Å². The molecule has 2 aliphatic rings. The van der Waals surface area contributed by atoms with Crippen LogP contribution in [0.1, 0.15) is 24.6 Å². The summed E-state index contributed by atoms with van der Waals surface area (Å²) in [5.41, 5.74) is 2.79. The van der Waals surface area contributed by atoms with Crippen LogP contribution in [0.5, 0.6) is 0 Å². The smallest absolute Gasteiger partial charge is 0.270 e. The van der Waals surface area contributed by atoms with Crippen LogP contribution < -0.4 is 5.43 Å². The summed E-state index contributed by atoms with van der Waals surface area (Å²) >= 11 is 0. The standard InChI is InChI=1S/C13H18N6O3/c1-9-14-17-12(22-9)8-18-4-6-19(7-5-18)13(21)10-2-3-11(20)16-15-10/h2-8H2,1H3,(H,16,20). The maximum atomic E-state index is 12.3. The fourth-order valence-electron chi connectivity index (χ4n) is 2.51. The third-order valence-corrected chi connectivity index (χ3v) is 3.74. The highest BCUT2D eigenvalue weighted by Gasteiger charge is 2.27. The Labute approximate surface area is 127 Å². The second kappa shape index (κ2) is 6.22. The number of piperazine rings is 1. The van der Waals surface area contributed by atoms with Crippen molar-refractivity contribution in [2.45, 2.75) is 26.3 Å². The van der Waals surface area contributed by atoms with Crippen LogP contribution in [-0.4, -0.2) is 63.7 Å². The minimum absolute atomic E-state index is 0.0896. The summed E-state index contributed by atoms with van der Waals surface area (Å²) in [5, 5.41) is 11.6. The van der Waals surface area contributed by atoms with Gasteiger partial charge in [0.2, 0.25) is 17.7 Å². The molecule has 9 nitrogen and oxygen atoms in total. The van der Waals surface area contributed by atoms with Gasteiger partial charge in [0.1, 0.15) is 5.71 Å². The van der Waals surface area contributed by atoms with E-state index >= 15 is 0 Å². The molecule has 1 N–H and O–H groups in total. The number of nitrogens with one attached hydrogen (secondary N) is 1. The van der Waals surface area contributed by atoms with Gasteiger partial charge in [0, 0.05) is 45.9 Å². The summed E-state index contributed by atoms with van der Waals surface area (Å²) in [6.45, 7) is 5.09. The van der Waals surface area contributed by atoms with Crippen LogP contribution in [-0.2, 0) is 16.1 Å². The number of rotatable bonds is 3. The van der Waals surface area contributed by atoms with Gasteiger partial charge in [-0.2, -0.15) is 5.10 Å². The second-order valence-corrected chi connectivity index (χ2v) is 5.38. The largest absolute Gasteiger partial charge is 0.424 e. The highest BCUT2D eigenvalue weighted by Crippen LogP contribution is 2.10. The van der Waals surface area contributed by atoms with Crippen molar-refractivity contribution < 1.29 is 14.0 Å². The number of amides is 2. The van der Waals surface area contributed by atoms with E-state index in [1.807, 2.05) is 0 Å². The first-order valence-corrected chi connectivity index (χ1v) is 7.28. The van der Waals surface area contributed by atoms with Crippen LogP contribution in [0.15, 0.2) is 9.52 Å². The topological polar surface area (TPSA) is 104 Å². The molecule has 118 valence electrons. The quantitative estimate of drug-likeness (QED) is 0.791. The summed E-state index contributed by atoms with van der Waals surface area (Å²) in [5.74, 6) is 0.919. The van der Waals surface area contributed by atoms with Gasteiger partial charge < -0.3 is 9.32 Å². The molecule has 9 heteroatoms. The molecule has 0 radical (unpaired) electrons. The monoisotopic (exact) mass is 306 g/mol. The molecule has 2 aliphatic heterocycles. The normalized spacial score (nSPS) is 19.8. The molecule has 1 saturated heterocycles. The summed E-state index contributed by atoms with van der Waals surface area (Å²) in [6, 6.07) is 0. The van der Waals surface area contributed by atoms with E-state index in [1.54, 1.807) is 11.8 Å². The van der Waals surface area contributed by atoms with E-state index in [2.05, 4.69) is 25.6 Å². The lowest BCUT2D eigenvalue weighted by molar-refractivity contribution is -0.126. The van der Waals surface area contributed by atoms with E-state index in [-0.39, 0.29) is 11.8 Å². The molecule has 0 unspecified atom stereocenters. The maximum Gasteiger partial charge on any atom is 0.270 e. The van der Waals surface area contributed by atoms with E-state index < -0.39 is 0 Å². The summed E-state index contributed by atoms with van der Waals surface area (Å²) in [4.78, 5) is 27.3. The molecule has 3 rings (SSSR count). The third-order valence-electron chi connectivity index (χ3n) is 3.74. The predicted molar refractivity (Wildman–Crippen MR) is 75.7 cm³/mol. The number of aromatic nitrogens is 2. The molecular weight excluding hydrogens is 288 g/mol. The van der Waals surface area contributed by atoms with Crippen LogP contribution >= 0.6 is 0 Å². The molecule has 1 aromatic rings. The van der Waals surface area contributed by atoms with E-state index in [4.69, 9.17) is 4.42 Å². The molecule has 2 amide bonds. The molecule has 1 fully saturated rings. The average Bonchev–Trinajstić information content (AvgIpc) is 2.93. The Morgan fingerprint density at radius 2 is 2.00 bits per heavy atom. The maximum absolute atomic E-state index is 12.3. The third kappa shape index (κ3) is 3.30. The number of aryl methyl sites for hydroxylation is 1. The van der Waals surface area contributed by atoms with E-state index in [0.717, 1.165) is 13.1 Å². The fourth-order valence-corrected chi connectivity index (χ4v) is 2.51. The number of carbonyl (C=O) groups excluding carboxylic acids is 2. The number of hydrogen-bond acceptors (Lipinski definition) is 7. The van der Waals surface area contributed by atoms with Crippen LogP contribution in [0.2, 0.25) is 0 Å². The van der Waals surface area contributed by atoms with Gasteiger partial charge in [-0.3, -0.25) is 14.5 Å². The first-order chi connectivity index (χ1) is 10.6. The van der Waals surface area contributed by atoms with Gasteiger partial charge >= 0.3 is 0 Å². The molecule has 0 spiro atoms. The molecule has 3 heterocycles. The van der Waals surface area contributed by atoms with Crippen molar-refractivity contribution in [2.24, 2.45) is 5.10 Å². The van der Waals surface area contributed by atoms with Gasteiger partial charge in [-0.25, -0.2) is 5.43 Å². The highest BCUT2D eigenvalue weighted by atomic mass is 16.4. The number of carbonyl (C=O) groups is 2. The van der Waals surface area contributed by atoms with Crippen LogP contribution in [0.3, 0.4) is 0 Å². The summed E-state index contributed by atoms with van der Waals surface area (Å²) in [7, 11) is 0. The summed E-state index contributed by atoms with van der Waals surface area (Å²) < 4.78 is 5.36. The Balaban J connectivity index is 1.51. The van der Waals surface area contributed by atoms with Gasteiger partial charge in [0.15, 0.2) is 0 Å². The van der Waals surface area contributed by atoms with Gasteiger partial charge in [0.05, 0.1) is 6.54 Å². The Bertz CT molecular complexity index is 603. The molecule has 0 aliphatic carbocycles. The van der Waals surface area contributed by atoms with Gasteiger partial charge in [0.25, 0.3) is 5.91 Å². The van der Waals surface area contributed by atoms with Crippen LogP contribution in [0.25, 0.3) is 0 Å². The molecule has 0 saturated carbocycles. The molecule has 0 atom stereocenters. The van der Waals surface area contributed by atoms with Crippen molar-refractivity contribution in [1.29, 1.82) is 0 Å². The number of hydrogen-bond donors (Lipinski definition) is 1. The molecule has 0 aromatic carbocycles. The molecule has 22 heavy (non-hydrogen) atoms. The van der Waals surface area contributed by atoms with Gasteiger partial charge in [-0.05, 0) is 0 Å². The van der Waals surface area contributed by atoms with Crippen LogP contribution in [0, 0.1) is 6.92 Å². The number of nitrogens with zero attached hydrogens (tertiary/aromatic N) is 5. The van der Waals surface area contributed by atoms with Crippen molar-refractivity contribution in [3.05, 3.63) is 11.8 Å². The number of hydrazone groups is 1. The summed E-state index contributed by atoms with van der Waals surface area (Å²) in [6.07, 6.45) is 0.729. The Kier molecular flexibility index (Phi) is 4.14. The van der Waals surface area contributed by atoms with Gasteiger partial charge in [-0.15, -0.1) is 10.2 Å². The van der Waals surface area contributed by atoms with E-state index in [1.165, 1.54) is 0 Å². The zero-order valence-electron chi connectivity index (χ0n) is 12.4. The lowest BCUT2D eigenvalue weighted by Gasteiger charge is -2.34. The molecule has 1 aromatic heterocycles. The van der Waals surface area contributed by atoms with Crippen molar-refractivity contribution >= 4 is 17.5 Å². The van der Waals surface area contributed by atoms with Crippen molar-refractivity contribution in [2.75, 3.05) is 26.2 Å². The zero-order valence-corrected chi connectivity index (χ0v) is 12.4. The Morgan fingerprint density at radius 1 is 1.23 bits per heavy atom. The zero-order chi connectivity index (χ0) is 15.5. The molecular formula is C13H18N6O3.